The zero-order valence-corrected chi connectivity index (χ0v) is 11.3. The molecule has 0 radical (unpaired) electrons. The van der Waals surface area contributed by atoms with E-state index < -0.39 is 0 Å². The molecule has 2 nitrogen and oxygen atoms in total. The van der Waals surface area contributed by atoms with Gasteiger partial charge in [-0.25, -0.2) is 4.39 Å². The number of aromatic nitrogens is 1. The Balaban J connectivity index is 2.93. The van der Waals surface area contributed by atoms with Crippen LogP contribution in [0.3, 0.4) is 0 Å². The third-order valence-corrected chi connectivity index (χ3v) is 3.54. The first-order valence-electron chi connectivity index (χ1n) is 5.08. The van der Waals surface area contributed by atoms with Crippen molar-refractivity contribution in [3.05, 3.63) is 32.8 Å². The summed E-state index contributed by atoms with van der Waals surface area (Å²) in [6, 6.07) is 2.93. The second-order valence-electron chi connectivity index (χ2n) is 3.73. The summed E-state index contributed by atoms with van der Waals surface area (Å²) < 4.78 is 14.1. The molecule has 84 valence electrons. The molecule has 0 saturated heterocycles. The van der Waals surface area contributed by atoms with Gasteiger partial charge >= 0.3 is 0 Å². The fourth-order valence-electron chi connectivity index (χ4n) is 1.92. The SMILES string of the molecule is CCc1c(C)nc2c(I)cc(F)cc2c1N. The van der Waals surface area contributed by atoms with Crippen molar-refractivity contribution in [2.75, 3.05) is 5.73 Å². The molecule has 0 aliphatic heterocycles. The Hall–Kier alpha value is -0.910. The molecular weight excluding hydrogens is 318 g/mol. The van der Waals surface area contributed by atoms with Crippen molar-refractivity contribution >= 4 is 39.2 Å². The summed E-state index contributed by atoms with van der Waals surface area (Å²) in [5.41, 5.74) is 9.44. The number of anilines is 1. The maximum atomic E-state index is 13.3. The molecule has 0 saturated carbocycles. The van der Waals surface area contributed by atoms with Crippen LogP contribution in [-0.4, -0.2) is 4.98 Å². The Morgan fingerprint density at radius 2 is 2.12 bits per heavy atom. The minimum absolute atomic E-state index is 0.267. The molecule has 0 fully saturated rings. The van der Waals surface area contributed by atoms with E-state index in [9.17, 15) is 4.39 Å². The van der Waals surface area contributed by atoms with Crippen LogP contribution in [0.5, 0.6) is 0 Å². The van der Waals surface area contributed by atoms with Gasteiger partial charge in [0.1, 0.15) is 5.82 Å². The average molecular weight is 330 g/mol. The van der Waals surface area contributed by atoms with Crippen LogP contribution in [0.25, 0.3) is 10.9 Å². The first kappa shape index (κ1) is 11.6. The zero-order chi connectivity index (χ0) is 11.9. The van der Waals surface area contributed by atoms with Crippen molar-refractivity contribution in [1.29, 1.82) is 0 Å². The highest BCUT2D eigenvalue weighted by Gasteiger charge is 2.11. The molecule has 0 aliphatic rings. The highest BCUT2D eigenvalue weighted by atomic mass is 127. The molecule has 2 aromatic rings. The van der Waals surface area contributed by atoms with Gasteiger partial charge in [0.15, 0.2) is 0 Å². The number of aryl methyl sites for hydroxylation is 1. The normalized spacial score (nSPS) is 11.0. The van der Waals surface area contributed by atoms with E-state index in [0.717, 1.165) is 26.8 Å². The number of nitrogen functional groups attached to an aromatic ring is 1. The van der Waals surface area contributed by atoms with Crippen LogP contribution in [0, 0.1) is 16.3 Å². The number of nitrogens with two attached hydrogens (primary N) is 1. The fraction of sp³-hybridized carbons (Fsp3) is 0.250. The minimum atomic E-state index is -0.267. The van der Waals surface area contributed by atoms with Gasteiger partial charge in [-0.15, -0.1) is 0 Å². The number of halogens is 2. The molecule has 0 amide bonds. The van der Waals surface area contributed by atoms with Crippen LogP contribution in [0.15, 0.2) is 12.1 Å². The number of benzene rings is 1. The van der Waals surface area contributed by atoms with Gasteiger partial charge in [0, 0.05) is 20.3 Å². The van der Waals surface area contributed by atoms with Gasteiger partial charge in [-0.1, -0.05) is 6.92 Å². The van der Waals surface area contributed by atoms with Crippen LogP contribution in [0.1, 0.15) is 18.2 Å². The molecule has 1 aromatic carbocycles. The number of hydrogen-bond donors (Lipinski definition) is 1. The minimum Gasteiger partial charge on any atom is -0.398 e. The third-order valence-electron chi connectivity index (χ3n) is 2.71. The molecule has 2 N–H and O–H groups in total. The maximum absolute atomic E-state index is 13.3. The van der Waals surface area contributed by atoms with Gasteiger partial charge < -0.3 is 5.73 Å². The van der Waals surface area contributed by atoms with Gasteiger partial charge in [0.2, 0.25) is 0 Å². The maximum Gasteiger partial charge on any atom is 0.125 e. The second-order valence-corrected chi connectivity index (χ2v) is 4.89. The van der Waals surface area contributed by atoms with E-state index in [4.69, 9.17) is 5.73 Å². The lowest BCUT2D eigenvalue weighted by molar-refractivity contribution is 0.628. The Bertz CT molecular complexity index is 567. The lowest BCUT2D eigenvalue weighted by Gasteiger charge is -2.11. The van der Waals surface area contributed by atoms with Crippen LogP contribution in [0.2, 0.25) is 0 Å². The standard InChI is InChI=1S/C12H12FIN2/c1-3-8-6(2)16-12-9(11(8)15)4-7(13)5-10(12)14/h4-5H,3H2,1-2H3,(H2,15,16). The first-order valence-corrected chi connectivity index (χ1v) is 6.16. The average Bonchev–Trinajstić information content (AvgIpc) is 2.21. The summed E-state index contributed by atoms with van der Waals surface area (Å²) in [7, 11) is 0. The third kappa shape index (κ3) is 1.75. The van der Waals surface area contributed by atoms with E-state index in [2.05, 4.69) is 27.6 Å². The quantitative estimate of drug-likeness (QED) is 0.814. The van der Waals surface area contributed by atoms with E-state index in [-0.39, 0.29) is 5.82 Å². The van der Waals surface area contributed by atoms with Gasteiger partial charge in [-0.2, -0.15) is 0 Å². The molecule has 4 heteroatoms. The summed E-state index contributed by atoms with van der Waals surface area (Å²) in [6.45, 7) is 3.96. The smallest absolute Gasteiger partial charge is 0.125 e. The number of nitrogens with zero attached hydrogens (tertiary/aromatic N) is 1. The van der Waals surface area contributed by atoms with E-state index in [1.807, 2.05) is 13.8 Å². The van der Waals surface area contributed by atoms with Crippen LogP contribution < -0.4 is 5.73 Å². The van der Waals surface area contributed by atoms with Crippen LogP contribution >= 0.6 is 22.6 Å². The Morgan fingerprint density at radius 3 is 2.75 bits per heavy atom. The highest BCUT2D eigenvalue weighted by Crippen LogP contribution is 2.29. The molecule has 1 heterocycles. The summed E-state index contributed by atoms with van der Waals surface area (Å²) in [5.74, 6) is -0.267. The van der Waals surface area contributed by atoms with E-state index in [1.54, 1.807) is 0 Å². The van der Waals surface area contributed by atoms with Gasteiger partial charge in [-0.3, -0.25) is 4.98 Å². The molecule has 0 aliphatic carbocycles. The number of fused-ring (bicyclic) bond motifs is 1. The molecule has 1 aromatic heterocycles. The topological polar surface area (TPSA) is 38.9 Å². The molecular formula is C12H12FIN2. The second kappa shape index (κ2) is 4.16. The first-order chi connectivity index (χ1) is 7.54. The Morgan fingerprint density at radius 1 is 1.44 bits per heavy atom. The van der Waals surface area contributed by atoms with Crippen molar-refractivity contribution in [1.82, 2.24) is 4.98 Å². The summed E-state index contributed by atoms with van der Waals surface area (Å²) >= 11 is 2.08. The summed E-state index contributed by atoms with van der Waals surface area (Å²) in [4.78, 5) is 4.49. The van der Waals surface area contributed by atoms with E-state index in [1.165, 1.54) is 12.1 Å². The van der Waals surface area contributed by atoms with Crippen molar-refractivity contribution < 1.29 is 4.39 Å². The number of pyridine rings is 1. The number of rotatable bonds is 1. The lowest BCUT2D eigenvalue weighted by Crippen LogP contribution is -2.02. The summed E-state index contributed by atoms with van der Waals surface area (Å²) in [5, 5.41) is 0.715. The van der Waals surface area contributed by atoms with Crippen molar-refractivity contribution in [3.63, 3.8) is 0 Å². The van der Waals surface area contributed by atoms with Gasteiger partial charge in [0.25, 0.3) is 0 Å². The van der Waals surface area contributed by atoms with Crippen LogP contribution in [-0.2, 0) is 6.42 Å². The van der Waals surface area contributed by atoms with E-state index >= 15 is 0 Å². The molecule has 2 rings (SSSR count). The number of hydrogen-bond acceptors (Lipinski definition) is 2. The van der Waals surface area contributed by atoms with Crippen molar-refractivity contribution in [3.8, 4) is 0 Å². The Labute approximate surface area is 107 Å². The van der Waals surface area contributed by atoms with Crippen LogP contribution in [0.4, 0.5) is 10.1 Å². The molecule has 0 unspecified atom stereocenters. The predicted molar refractivity (Wildman–Crippen MR) is 72.9 cm³/mol. The van der Waals surface area contributed by atoms with Crippen molar-refractivity contribution in [2.45, 2.75) is 20.3 Å². The molecule has 0 atom stereocenters. The van der Waals surface area contributed by atoms with E-state index in [0.29, 0.717) is 11.1 Å². The van der Waals surface area contributed by atoms with Crippen molar-refractivity contribution in [2.24, 2.45) is 0 Å². The fourth-order valence-corrected chi connectivity index (χ4v) is 2.63. The molecule has 0 bridgehead atoms. The summed E-state index contributed by atoms with van der Waals surface area (Å²) in [6.07, 6.45) is 0.813. The molecule has 0 spiro atoms. The predicted octanol–water partition coefficient (Wildman–Crippen LogP) is 3.43. The molecule has 16 heavy (non-hydrogen) atoms. The largest absolute Gasteiger partial charge is 0.398 e. The Kier molecular flexibility index (Phi) is 3.01. The van der Waals surface area contributed by atoms with Gasteiger partial charge in [-0.05, 0) is 53.6 Å². The highest BCUT2D eigenvalue weighted by molar-refractivity contribution is 14.1. The zero-order valence-electron chi connectivity index (χ0n) is 9.14. The monoisotopic (exact) mass is 330 g/mol. The lowest BCUT2D eigenvalue weighted by atomic mass is 10.0. The van der Waals surface area contributed by atoms with Gasteiger partial charge in [0.05, 0.1) is 5.52 Å².